The number of hydrogen-bond donors (Lipinski definition) is 1. The van der Waals surface area contributed by atoms with Crippen molar-refractivity contribution in [3.8, 4) is 0 Å². The van der Waals surface area contributed by atoms with E-state index in [1.165, 1.54) is 12.1 Å². The molecular formula is C13H17FN2O. The van der Waals surface area contributed by atoms with Gasteiger partial charge in [-0.3, -0.25) is 0 Å². The molecule has 1 saturated heterocycles. The van der Waals surface area contributed by atoms with Crippen LogP contribution in [0.4, 0.5) is 4.39 Å². The van der Waals surface area contributed by atoms with Gasteiger partial charge in [0, 0.05) is 5.92 Å². The summed E-state index contributed by atoms with van der Waals surface area (Å²) in [7, 11) is 2.09. The van der Waals surface area contributed by atoms with Crippen LogP contribution in [0.15, 0.2) is 29.4 Å². The zero-order chi connectivity index (χ0) is 12.3. The molecule has 0 aromatic heterocycles. The predicted molar refractivity (Wildman–Crippen MR) is 64.9 cm³/mol. The van der Waals surface area contributed by atoms with Gasteiger partial charge in [-0.2, -0.15) is 0 Å². The highest BCUT2D eigenvalue weighted by atomic mass is 19.1. The van der Waals surface area contributed by atoms with Gasteiger partial charge in [0.25, 0.3) is 0 Å². The fourth-order valence-corrected chi connectivity index (χ4v) is 2.28. The highest BCUT2D eigenvalue weighted by Gasteiger charge is 2.23. The van der Waals surface area contributed by atoms with Gasteiger partial charge < -0.3 is 10.1 Å². The van der Waals surface area contributed by atoms with Gasteiger partial charge in [-0.1, -0.05) is 17.3 Å². The molecule has 0 bridgehead atoms. The van der Waals surface area contributed by atoms with Crippen molar-refractivity contribution in [1.29, 1.82) is 0 Å². The molecule has 1 aromatic rings. The number of benzene rings is 1. The van der Waals surface area contributed by atoms with Crippen LogP contribution in [0, 0.1) is 11.7 Å². The number of likely N-dealkylation sites (tertiary alicyclic amines) is 1. The SMILES string of the molecule is CN1CCC(C(=NO)c2ccc(F)cc2)CC1. The Kier molecular flexibility index (Phi) is 3.74. The zero-order valence-electron chi connectivity index (χ0n) is 9.93. The van der Waals surface area contributed by atoms with E-state index in [0.717, 1.165) is 31.5 Å². The molecule has 1 aliphatic heterocycles. The number of piperidine rings is 1. The summed E-state index contributed by atoms with van der Waals surface area (Å²) in [5.41, 5.74) is 1.49. The van der Waals surface area contributed by atoms with Crippen molar-refractivity contribution in [2.45, 2.75) is 12.8 Å². The van der Waals surface area contributed by atoms with Gasteiger partial charge >= 0.3 is 0 Å². The third-order valence-corrected chi connectivity index (χ3v) is 3.35. The van der Waals surface area contributed by atoms with E-state index in [-0.39, 0.29) is 11.7 Å². The molecule has 0 spiro atoms. The van der Waals surface area contributed by atoms with Crippen LogP contribution in [-0.2, 0) is 0 Å². The molecular weight excluding hydrogens is 219 g/mol. The molecule has 92 valence electrons. The highest BCUT2D eigenvalue weighted by molar-refractivity contribution is 6.01. The normalized spacial score (nSPS) is 19.5. The standard InChI is InChI=1S/C13H17FN2O/c1-16-8-6-11(7-9-16)13(15-17)10-2-4-12(14)5-3-10/h2-5,11,17H,6-9H2,1H3. The van der Waals surface area contributed by atoms with E-state index in [1.54, 1.807) is 12.1 Å². The smallest absolute Gasteiger partial charge is 0.123 e. The summed E-state index contributed by atoms with van der Waals surface area (Å²) in [6, 6.07) is 6.14. The molecule has 17 heavy (non-hydrogen) atoms. The summed E-state index contributed by atoms with van der Waals surface area (Å²) in [4.78, 5) is 2.26. The topological polar surface area (TPSA) is 35.8 Å². The van der Waals surface area contributed by atoms with Gasteiger partial charge in [-0.05, 0) is 50.7 Å². The molecule has 0 radical (unpaired) electrons. The van der Waals surface area contributed by atoms with Crippen molar-refractivity contribution in [2.24, 2.45) is 11.1 Å². The third-order valence-electron chi connectivity index (χ3n) is 3.35. The summed E-state index contributed by atoms with van der Waals surface area (Å²) in [5, 5.41) is 12.6. The van der Waals surface area contributed by atoms with E-state index in [1.807, 2.05) is 0 Å². The lowest BCUT2D eigenvalue weighted by Crippen LogP contribution is -2.33. The second-order valence-corrected chi connectivity index (χ2v) is 4.57. The number of hydrogen-bond acceptors (Lipinski definition) is 3. The maximum Gasteiger partial charge on any atom is 0.123 e. The van der Waals surface area contributed by atoms with Crippen molar-refractivity contribution < 1.29 is 9.60 Å². The van der Waals surface area contributed by atoms with Crippen molar-refractivity contribution in [3.63, 3.8) is 0 Å². The number of nitrogens with zero attached hydrogens (tertiary/aromatic N) is 2. The Balaban J connectivity index is 2.14. The van der Waals surface area contributed by atoms with Crippen LogP contribution in [0.3, 0.4) is 0 Å². The monoisotopic (exact) mass is 236 g/mol. The minimum absolute atomic E-state index is 0.265. The Bertz CT molecular complexity index is 394. The second kappa shape index (κ2) is 5.27. The molecule has 0 saturated carbocycles. The van der Waals surface area contributed by atoms with Gasteiger partial charge in [0.1, 0.15) is 5.82 Å². The van der Waals surface area contributed by atoms with Crippen LogP contribution in [0.2, 0.25) is 0 Å². The van der Waals surface area contributed by atoms with Crippen LogP contribution in [0.1, 0.15) is 18.4 Å². The summed E-state index contributed by atoms with van der Waals surface area (Å²) < 4.78 is 12.8. The van der Waals surface area contributed by atoms with Crippen LogP contribution in [-0.4, -0.2) is 36.0 Å². The van der Waals surface area contributed by atoms with Crippen LogP contribution < -0.4 is 0 Å². The van der Waals surface area contributed by atoms with E-state index in [0.29, 0.717) is 5.71 Å². The first-order valence-corrected chi connectivity index (χ1v) is 5.87. The summed E-state index contributed by atoms with van der Waals surface area (Å²) >= 11 is 0. The van der Waals surface area contributed by atoms with E-state index < -0.39 is 0 Å². The highest BCUT2D eigenvalue weighted by Crippen LogP contribution is 2.21. The summed E-state index contributed by atoms with van der Waals surface area (Å²) in [5.74, 6) is -0.00363. The van der Waals surface area contributed by atoms with Crippen molar-refractivity contribution in [3.05, 3.63) is 35.6 Å². The Morgan fingerprint density at radius 1 is 1.29 bits per heavy atom. The molecule has 1 heterocycles. The molecule has 2 rings (SSSR count). The third kappa shape index (κ3) is 2.82. The summed E-state index contributed by atoms with van der Waals surface area (Å²) in [6.07, 6.45) is 1.96. The molecule has 0 aliphatic carbocycles. The number of oxime groups is 1. The molecule has 0 amide bonds. The molecule has 1 aliphatic rings. The average Bonchev–Trinajstić information content (AvgIpc) is 2.35. The first-order valence-electron chi connectivity index (χ1n) is 5.87. The minimum Gasteiger partial charge on any atom is -0.411 e. The fourth-order valence-electron chi connectivity index (χ4n) is 2.28. The summed E-state index contributed by atoms with van der Waals surface area (Å²) in [6.45, 7) is 2.01. The van der Waals surface area contributed by atoms with Gasteiger partial charge in [0.05, 0.1) is 5.71 Å². The molecule has 1 aromatic carbocycles. The van der Waals surface area contributed by atoms with Crippen LogP contribution in [0.5, 0.6) is 0 Å². The van der Waals surface area contributed by atoms with Gasteiger partial charge in [0.15, 0.2) is 0 Å². The lowest BCUT2D eigenvalue weighted by molar-refractivity contribution is 0.246. The van der Waals surface area contributed by atoms with Gasteiger partial charge in [-0.15, -0.1) is 0 Å². The molecule has 1 fully saturated rings. The van der Waals surface area contributed by atoms with E-state index in [4.69, 9.17) is 5.21 Å². The maximum absolute atomic E-state index is 12.8. The first-order chi connectivity index (χ1) is 8.20. The van der Waals surface area contributed by atoms with Crippen molar-refractivity contribution in [2.75, 3.05) is 20.1 Å². The van der Waals surface area contributed by atoms with E-state index in [2.05, 4.69) is 17.1 Å². The predicted octanol–water partition coefficient (Wildman–Crippen LogP) is 2.35. The minimum atomic E-state index is -0.269. The largest absolute Gasteiger partial charge is 0.411 e. The molecule has 4 heteroatoms. The average molecular weight is 236 g/mol. The Morgan fingerprint density at radius 3 is 2.41 bits per heavy atom. The molecule has 3 nitrogen and oxygen atoms in total. The van der Waals surface area contributed by atoms with Crippen molar-refractivity contribution >= 4 is 5.71 Å². The lowest BCUT2D eigenvalue weighted by atomic mass is 9.88. The molecule has 1 N–H and O–H groups in total. The van der Waals surface area contributed by atoms with Crippen LogP contribution in [0.25, 0.3) is 0 Å². The molecule has 0 atom stereocenters. The Hall–Kier alpha value is -1.42. The van der Waals surface area contributed by atoms with Gasteiger partial charge in [-0.25, -0.2) is 4.39 Å². The van der Waals surface area contributed by atoms with E-state index in [9.17, 15) is 4.39 Å². The second-order valence-electron chi connectivity index (χ2n) is 4.57. The quantitative estimate of drug-likeness (QED) is 0.486. The van der Waals surface area contributed by atoms with Gasteiger partial charge in [0.2, 0.25) is 0 Å². The fraction of sp³-hybridized carbons (Fsp3) is 0.462. The van der Waals surface area contributed by atoms with Crippen LogP contribution >= 0.6 is 0 Å². The number of halogens is 1. The Labute approximate surface area is 101 Å². The maximum atomic E-state index is 12.8. The van der Waals surface area contributed by atoms with E-state index >= 15 is 0 Å². The Morgan fingerprint density at radius 2 is 1.88 bits per heavy atom. The number of rotatable bonds is 2. The lowest BCUT2D eigenvalue weighted by Gasteiger charge is -2.29. The molecule has 0 unspecified atom stereocenters. The van der Waals surface area contributed by atoms with Crippen molar-refractivity contribution in [1.82, 2.24) is 4.90 Å². The first kappa shape index (κ1) is 12.0. The zero-order valence-corrected chi connectivity index (χ0v) is 9.93.